The van der Waals surface area contributed by atoms with Crippen LogP contribution in [-0.4, -0.2) is 40.8 Å². The van der Waals surface area contributed by atoms with Crippen molar-refractivity contribution in [2.24, 2.45) is 28.2 Å². The predicted molar refractivity (Wildman–Crippen MR) is 88.3 cm³/mol. The Kier molecular flexibility index (Phi) is 2.77. The number of carbonyl (C=O) groups is 1. The highest BCUT2D eigenvalue weighted by atomic mass is 16.4. The quantitative estimate of drug-likeness (QED) is 0.810. The number of nitrogens with zero attached hydrogens (tertiary/aromatic N) is 2. The van der Waals surface area contributed by atoms with E-state index in [2.05, 4.69) is 24.0 Å². The number of piperidine rings is 1. The first kappa shape index (κ1) is 14.0. The minimum absolute atomic E-state index is 0.143. The van der Waals surface area contributed by atoms with Gasteiger partial charge in [0.05, 0.1) is 11.6 Å². The molecule has 0 radical (unpaired) electrons. The Labute approximate surface area is 137 Å². The summed E-state index contributed by atoms with van der Waals surface area (Å²) >= 11 is 0. The zero-order chi connectivity index (χ0) is 15.8. The molecule has 1 saturated carbocycles. The Bertz CT molecular complexity index is 677. The number of rotatable bonds is 1. The van der Waals surface area contributed by atoms with Gasteiger partial charge in [0.1, 0.15) is 0 Å². The van der Waals surface area contributed by atoms with Crippen LogP contribution in [0.3, 0.4) is 0 Å². The second kappa shape index (κ2) is 4.56. The van der Waals surface area contributed by atoms with E-state index in [1.54, 1.807) is 5.57 Å². The van der Waals surface area contributed by atoms with Gasteiger partial charge in [0.15, 0.2) is 0 Å². The summed E-state index contributed by atoms with van der Waals surface area (Å²) in [5.41, 5.74) is 4.32. The average molecular weight is 312 g/mol. The summed E-state index contributed by atoms with van der Waals surface area (Å²) in [6.07, 6.45) is 9.52. The first-order valence-electron chi connectivity index (χ1n) is 9.01. The van der Waals surface area contributed by atoms with Crippen molar-refractivity contribution < 1.29 is 9.90 Å². The van der Waals surface area contributed by atoms with Crippen molar-refractivity contribution in [1.29, 1.82) is 0 Å². The third-order valence-electron chi connectivity index (χ3n) is 7.07. The van der Waals surface area contributed by atoms with Crippen molar-refractivity contribution >= 4 is 11.7 Å². The zero-order valence-electron chi connectivity index (χ0n) is 13.7. The third kappa shape index (κ3) is 1.81. The van der Waals surface area contributed by atoms with Crippen molar-refractivity contribution in [2.75, 3.05) is 13.1 Å². The first-order chi connectivity index (χ1) is 11.1. The Hall–Kier alpha value is -1.42. The summed E-state index contributed by atoms with van der Waals surface area (Å²) < 4.78 is 0. The molecule has 0 aromatic heterocycles. The molecule has 2 saturated heterocycles. The molecule has 0 spiro atoms. The van der Waals surface area contributed by atoms with E-state index in [0.29, 0.717) is 17.9 Å². The maximum atomic E-state index is 11.5. The predicted octanol–water partition coefficient (Wildman–Crippen LogP) is 2.87. The number of allylic oxidation sites excluding steroid dienone is 2. The Morgan fingerprint density at radius 3 is 3.13 bits per heavy atom. The average Bonchev–Trinajstić information content (AvgIpc) is 3.12. The fraction of sp³-hybridized carbons (Fsp3) is 0.684. The molecule has 0 amide bonds. The molecule has 3 fully saturated rings. The summed E-state index contributed by atoms with van der Waals surface area (Å²) in [6.45, 7) is 4.52. The second-order valence-electron chi connectivity index (χ2n) is 8.38. The van der Waals surface area contributed by atoms with Crippen LogP contribution in [0.1, 0.15) is 39.0 Å². The third-order valence-corrected chi connectivity index (χ3v) is 7.07. The van der Waals surface area contributed by atoms with E-state index in [1.165, 1.54) is 11.4 Å². The smallest absolute Gasteiger partial charge is 0.306 e. The van der Waals surface area contributed by atoms with Crippen molar-refractivity contribution in [2.45, 2.75) is 45.1 Å². The summed E-state index contributed by atoms with van der Waals surface area (Å²) in [4.78, 5) is 19.2. The SMILES string of the molecule is CC12CC(C(=O)O)CC1C1C3C(=NC4=C3CCC=C4)CCN1C2. The summed E-state index contributed by atoms with van der Waals surface area (Å²) in [6, 6.07) is 0.496. The number of carboxylic acids is 1. The number of hydrogen-bond donors (Lipinski definition) is 1. The van der Waals surface area contributed by atoms with Gasteiger partial charge in [0, 0.05) is 30.8 Å². The molecule has 0 bridgehead atoms. The fourth-order valence-electron chi connectivity index (χ4n) is 6.20. The van der Waals surface area contributed by atoms with Crippen LogP contribution < -0.4 is 0 Å². The molecule has 2 aliphatic carbocycles. The lowest BCUT2D eigenvalue weighted by molar-refractivity contribution is -0.141. The zero-order valence-corrected chi connectivity index (χ0v) is 13.7. The summed E-state index contributed by atoms with van der Waals surface area (Å²) in [7, 11) is 0. The molecule has 4 heteroatoms. The maximum absolute atomic E-state index is 11.5. The lowest BCUT2D eigenvalue weighted by atomic mass is 9.72. The van der Waals surface area contributed by atoms with E-state index >= 15 is 0 Å². The van der Waals surface area contributed by atoms with Crippen molar-refractivity contribution in [3.8, 4) is 0 Å². The molecule has 5 aliphatic rings. The van der Waals surface area contributed by atoms with Gasteiger partial charge in [-0.15, -0.1) is 0 Å². The van der Waals surface area contributed by atoms with Crippen LogP contribution in [0.25, 0.3) is 0 Å². The Morgan fingerprint density at radius 1 is 1.43 bits per heavy atom. The molecular weight excluding hydrogens is 288 g/mol. The number of aliphatic carboxylic acids is 1. The van der Waals surface area contributed by atoms with E-state index < -0.39 is 5.97 Å². The highest BCUT2D eigenvalue weighted by molar-refractivity contribution is 5.95. The highest BCUT2D eigenvalue weighted by Crippen LogP contribution is 2.58. The topological polar surface area (TPSA) is 52.9 Å². The van der Waals surface area contributed by atoms with E-state index in [1.807, 2.05) is 0 Å². The molecule has 0 aromatic rings. The van der Waals surface area contributed by atoms with Gasteiger partial charge < -0.3 is 5.11 Å². The van der Waals surface area contributed by atoms with Gasteiger partial charge in [-0.25, -0.2) is 0 Å². The van der Waals surface area contributed by atoms with Crippen LogP contribution in [0.5, 0.6) is 0 Å². The van der Waals surface area contributed by atoms with Crippen molar-refractivity contribution in [1.82, 2.24) is 4.90 Å². The van der Waals surface area contributed by atoms with Gasteiger partial charge in [0.25, 0.3) is 0 Å². The second-order valence-corrected chi connectivity index (χ2v) is 8.38. The molecule has 5 unspecified atom stereocenters. The van der Waals surface area contributed by atoms with Crippen molar-refractivity contribution in [3.05, 3.63) is 23.4 Å². The van der Waals surface area contributed by atoms with E-state index in [-0.39, 0.29) is 11.3 Å². The Morgan fingerprint density at radius 2 is 2.30 bits per heavy atom. The monoisotopic (exact) mass is 312 g/mol. The minimum atomic E-state index is -0.594. The minimum Gasteiger partial charge on any atom is -0.481 e. The van der Waals surface area contributed by atoms with E-state index in [9.17, 15) is 9.90 Å². The van der Waals surface area contributed by atoms with Crippen LogP contribution >= 0.6 is 0 Å². The summed E-state index contributed by atoms with van der Waals surface area (Å²) in [5, 5.41) is 9.50. The van der Waals surface area contributed by atoms with Crippen LogP contribution in [0.4, 0.5) is 0 Å². The van der Waals surface area contributed by atoms with E-state index in [4.69, 9.17) is 4.99 Å². The molecule has 0 aromatic carbocycles. The lowest BCUT2D eigenvalue weighted by Crippen LogP contribution is -2.48. The molecule has 5 atom stereocenters. The van der Waals surface area contributed by atoms with Gasteiger partial charge in [-0.3, -0.25) is 14.7 Å². The van der Waals surface area contributed by atoms with Gasteiger partial charge in [0.2, 0.25) is 0 Å². The standard InChI is InChI=1S/C19H24N2O2/c1-19-9-11(18(22)23)8-13(19)17-16-12-4-2-3-5-14(12)20-15(16)6-7-21(17)10-19/h3,5,11,13,16-17H,2,4,6-10H2,1H3,(H,22,23). The van der Waals surface area contributed by atoms with Gasteiger partial charge in [-0.1, -0.05) is 13.0 Å². The number of hydrogen-bond acceptors (Lipinski definition) is 3. The van der Waals surface area contributed by atoms with Crippen LogP contribution in [0.15, 0.2) is 28.4 Å². The van der Waals surface area contributed by atoms with Gasteiger partial charge in [-0.2, -0.15) is 0 Å². The molecule has 4 nitrogen and oxygen atoms in total. The molecular formula is C19H24N2O2. The molecule has 3 heterocycles. The normalized spacial score (nSPS) is 44.7. The molecule has 3 aliphatic heterocycles. The van der Waals surface area contributed by atoms with E-state index in [0.717, 1.165) is 45.2 Å². The fourth-order valence-corrected chi connectivity index (χ4v) is 6.20. The largest absolute Gasteiger partial charge is 0.481 e. The summed E-state index contributed by atoms with van der Waals surface area (Å²) in [5.74, 6) is 0.249. The molecule has 1 N–H and O–H groups in total. The number of fused-ring (bicyclic) bond motifs is 6. The highest BCUT2D eigenvalue weighted by Gasteiger charge is 2.60. The molecule has 5 rings (SSSR count). The molecule has 122 valence electrons. The van der Waals surface area contributed by atoms with Crippen LogP contribution in [0, 0.1) is 23.2 Å². The maximum Gasteiger partial charge on any atom is 0.306 e. The van der Waals surface area contributed by atoms with Crippen LogP contribution in [-0.2, 0) is 4.79 Å². The number of aliphatic imine (C=N–C) groups is 1. The van der Waals surface area contributed by atoms with Crippen molar-refractivity contribution in [3.63, 3.8) is 0 Å². The number of carboxylic acid groups (broad SMARTS) is 1. The molecule has 23 heavy (non-hydrogen) atoms. The van der Waals surface area contributed by atoms with Gasteiger partial charge in [-0.05, 0) is 55.1 Å². The van der Waals surface area contributed by atoms with Crippen LogP contribution in [0.2, 0.25) is 0 Å². The Balaban J connectivity index is 1.53. The lowest BCUT2D eigenvalue weighted by Gasteiger charge is -2.39. The first-order valence-corrected chi connectivity index (χ1v) is 9.01. The van der Waals surface area contributed by atoms with Gasteiger partial charge >= 0.3 is 5.97 Å².